The molecular weight excluding hydrogens is 334 g/mol. The van der Waals surface area contributed by atoms with Crippen LogP contribution in [0.1, 0.15) is 22.6 Å². The normalized spacial score (nSPS) is 23.0. The van der Waals surface area contributed by atoms with Gasteiger partial charge in [0.05, 0.1) is 5.52 Å². The van der Waals surface area contributed by atoms with E-state index >= 15 is 0 Å². The Morgan fingerprint density at radius 2 is 2.20 bits per heavy atom. The Labute approximate surface area is 149 Å². The third-order valence-corrected chi connectivity index (χ3v) is 6.42. The minimum Gasteiger partial charge on any atom is -0.331 e. The highest BCUT2D eigenvalue weighted by Gasteiger charge is 2.44. The van der Waals surface area contributed by atoms with Gasteiger partial charge in [-0.2, -0.15) is 5.10 Å². The monoisotopic (exact) mass is 353 g/mol. The van der Waals surface area contributed by atoms with E-state index < -0.39 is 0 Å². The molecule has 7 heteroatoms. The van der Waals surface area contributed by atoms with Crippen molar-refractivity contribution in [2.75, 3.05) is 20.1 Å². The maximum atomic E-state index is 13.0. The zero-order valence-corrected chi connectivity index (χ0v) is 15.0. The number of nitrogens with zero attached hydrogens (tertiary/aromatic N) is 4. The lowest BCUT2D eigenvalue weighted by molar-refractivity contribution is 0.0646. The molecule has 2 atom stereocenters. The third kappa shape index (κ3) is 2.30. The number of piperazine rings is 1. The van der Waals surface area contributed by atoms with Crippen LogP contribution in [0.4, 0.5) is 0 Å². The van der Waals surface area contributed by atoms with Gasteiger partial charge in [-0.25, -0.2) is 4.98 Å². The quantitative estimate of drug-likeness (QED) is 0.769. The van der Waals surface area contributed by atoms with Crippen molar-refractivity contribution in [1.82, 2.24) is 25.0 Å². The van der Waals surface area contributed by atoms with E-state index in [9.17, 15) is 4.79 Å². The lowest BCUT2D eigenvalue weighted by atomic mass is 10.1. The number of H-pyrrole nitrogens is 1. The van der Waals surface area contributed by atoms with Crippen molar-refractivity contribution in [3.63, 3.8) is 0 Å². The number of nitrogens with one attached hydrogen (secondary N) is 1. The maximum absolute atomic E-state index is 13.0. The molecule has 0 aliphatic carbocycles. The zero-order valence-electron chi connectivity index (χ0n) is 14.2. The number of aryl methyl sites for hydroxylation is 1. The average Bonchev–Trinajstić information content (AvgIpc) is 3.35. The molecule has 2 aromatic heterocycles. The molecule has 0 radical (unpaired) electrons. The van der Waals surface area contributed by atoms with Crippen molar-refractivity contribution < 1.29 is 4.79 Å². The summed E-state index contributed by atoms with van der Waals surface area (Å²) in [5.74, 6) is 0.0460. The molecule has 6 nitrogen and oxygen atoms in total. The second kappa shape index (κ2) is 5.37. The Hall–Kier alpha value is -2.25. The van der Waals surface area contributed by atoms with Crippen LogP contribution >= 0.6 is 11.3 Å². The highest BCUT2D eigenvalue weighted by molar-refractivity contribution is 7.13. The number of thiazole rings is 1. The number of aromatic nitrogens is 3. The van der Waals surface area contributed by atoms with Crippen LogP contribution in [0.25, 0.3) is 21.5 Å². The summed E-state index contributed by atoms with van der Waals surface area (Å²) in [6, 6.07) is 6.86. The largest absolute Gasteiger partial charge is 0.331 e. The van der Waals surface area contributed by atoms with Gasteiger partial charge in [0.1, 0.15) is 5.01 Å². The number of hydrogen-bond donors (Lipinski definition) is 1. The molecule has 0 saturated carbocycles. The topological polar surface area (TPSA) is 65.1 Å². The van der Waals surface area contributed by atoms with E-state index in [0.29, 0.717) is 17.8 Å². The Balaban J connectivity index is 1.47. The number of aromatic amines is 1. The average molecular weight is 353 g/mol. The summed E-state index contributed by atoms with van der Waals surface area (Å²) >= 11 is 1.63. The minimum absolute atomic E-state index is 0.0460. The number of fused-ring (bicyclic) bond motifs is 3. The molecule has 0 spiro atoms. The van der Waals surface area contributed by atoms with Crippen molar-refractivity contribution in [3.05, 3.63) is 35.0 Å². The summed E-state index contributed by atoms with van der Waals surface area (Å²) in [6.45, 7) is 3.77. The molecule has 4 heterocycles. The Morgan fingerprint density at radius 1 is 1.32 bits per heavy atom. The highest BCUT2D eigenvalue weighted by atomic mass is 32.1. The first-order valence-corrected chi connectivity index (χ1v) is 9.40. The molecule has 2 aliphatic rings. The number of likely N-dealkylation sites (tertiary alicyclic amines) is 2. The fraction of sp³-hybridized carbons (Fsp3) is 0.389. The highest BCUT2D eigenvalue weighted by Crippen LogP contribution is 2.32. The maximum Gasteiger partial charge on any atom is 0.275 e. The number of benzene rings is 1. The van der Waals surface area contributed by atoms with Gasteiger partial charge in [-0.3, -0.25) is 14.8 Å². The van der Waals surface area contributed by atoms with Gasteiger partial charge in [0, 0.05) is 47.2 Å². The Bertz CT molecular complexity index is 975. The van der Waals surface area contributed by atoms with Crippen LogP contribution in [0.3, 0.4) is 0 Å². The molecule has 5 rings (SSSR count). The molecular formula is C18H19N5OS. The van der Waals surface area contributed by atoms with E-state index in [0.717, 1.165) is 46.7 Å². The summed E-state index contributed by atoms with van der Waals surface area (Å²) in [6.07, 6.45) is 1.08. The SMILES string of the molecule is Cc1csc(-c2ccc3c(C(=O)N4CC5CC4CN5C)n[nH]c3c2)n1. The van der Waals surface area contributed by atoms with Gasteiger partial charge in [0.2, 0.25) is 0 Å². The van der Waals surface area contributed by atoms with Crippen molar-refractivity contribution in [2.24, 2.45) is 0 Å². The van der Waals surface area contributed by atoms with Crippen molar-refractivity contribution in [3.8, 4) is 10.6 Å². The standard InChI is InChI=1S/C18H19N5OS/c1-10-9-25-17(19-10)11-3-4-14-15(5-11)20-21-16(14)18(24)23-8-12-6-13(23)7-22(12)2/h3-5,9,12-13H,6-8H2,1-2H3,(H,20,21). The predicted octanol–water partition coefficient (Wildman–Crippen LogP) is 2.52. The van der Waals surface area contributed by atoms with E-state index in [2.05, 4.69) is 27.1 Å². The van der Waals surface area contributed by atoms with Gasteiger partial charge >= 0.3 is 0 Å². The fourth-order valence-electron chi connectivity index (χ4n) is 4.05. The van der Waals surface area contributed by atoms with E-state index in [-0.39, 0.29) is 5.91 Å². The molecule has 1 aromatic carbocycles. The molecule has 2 fully saturated rings. The predicted molar refractivity (Wildman–Crippen MR) is 97.8 cm³/mol. The van der Waals surface area contributed by atoms with Crippen LogP contribution in [0.15, 0.2) is 23.6 Å². The van der Waals surface area contributed by atoms with Crippen molar-refractivity contribution in [2.45, 2.75) is 25.4 Å². The molecule has 2 unspecified atom stereocenters. The van der Waals surface area contributed by atoms with E-state index in [1.54, 1.807) is 11.3 Å². The van der Waals surface area contributed by atoms with E-state index in [1.165, 1.54) is 0 Å². The molecule has 3 aromatic rings. The number of amides is 1. The van der Waals surface area contributed by atoms with Crippen LogP contribution < -0.4 is 0 Å². The van der Waals surface area contributed by atoms with Gasteiger partial charge in [0.25, 0.3) is 5.91 Å². The summed E-state index contributed by atoms with van der Waals surface area (Å²) in [5.41, 5.74) is 3.49. The summed E-state index contributed by atoms with van der Waals surface area (Å²) in [7, 11) is 2.14. The molecule has 2 saturated heterocycles. The lowest BCUT2D eigenvalue weighted by Crippen LogP contribution is -2.47. The Kier molecular flexibility index (Phi) is 3.23. The molecule has 1 N–H and O–H groups in total. The molecule has 128 valence electrons. The van der Waals surface area contributed by atoms with Crippen LogP contribution in [0, 0.1) is 6.92 Å². The number of likely N-dealkylation sites (N-methyl/N-ethyl adjacent to an activating group) is 1. The van der Waals surface area contributed by atoms with Gasteiger partial charge in [0.15, 0.2) is 5.69 Å². The van der Waals surface area contributed by atoms with E-state index in [1.807, 2.05) is 35.4 Å². The number of hydrogen-bond acceptors (Lipinski definition) is 5. The molecule has 1 amide bonds. The zero-order chi connectivity index (χ0) is 17.1. The fourth-order valence-corrected chi connectivity index (χ4v) is 4.85. The number of carbonyl (C=O) groups excluding carboxylic acids is 1. The lowest BCUT2D eigenvalue weighted by Gasteiger charge is -2.31. The van der Waals surface area contributed by atoms with E-state index in [4.69, 9.17) is 0 Å². The van der Waals surface area contributed by atoms with Gasteiger partial charge in [-0.05, 0) is 32.5 Å². The Morgan fingerprint density at radius 3 is 2.88 bits per heavy atom. The number of carbonyl (C=O) groups is 1. The van der Waals surface area contributed by atoms with Crippen molar-refractivity contribution in [1.29, 1.82) is 0 Å². The smallest absolute Gasteiger partial charge is 0.275 e. The second-order valence-electron chi connectivity index (χ2n) is 7.07. The molecule has 2 aliphatic heterocycles. The van der Waals surface area contributed by atoms with Gasteiger partial charge < -0.3 is 4.90 Å². The third-order valence-electron chi connectivity index (χ3n) is 5.41. The second-order valence-corrected chi connectivity index (χ2v) is 7.93. The van der Waals surface area contributed by atoms with Crippen LogP contribution in [0.2, 0.25) is 0 Å². The van der Waals surface area contributed by atoms with Crippen LogP contribution in [0.5, 0.6) is 0 Å². The van der Waals surface area contributed by atoms with Gasteiger partial charge in [-0.15, -0.1) is 11.3 Å². The molecule has 25 heavy (non-hydrogen) atoms. The first-order valence-electron chi connectivity index (χ1n) is 8.52. The molecule has 2 bridgehead atoms. The number of rotatable bonds is 2. The van der Waals surface area contributed by atoms with Crippen LogP contribution in [-0.2, 0) is 0 Å². The summed E-state index contributed by atoms with van der Waals surface area (Å²) < 4.78 is 0. The van der Waals surface area contributed by atoms with Crippen LogP contribution in [-0.4, -0.2) is 63.1 Å². The van der Waals surface area contributed by atoms with Gasteiger partial charge in [-0.1, -0.05) is 6.07 Å². The summed E-state index contributed by atoms with van der Waals surface area (Å²) in [5, 5.41) is 11.3. The minimum atomic E-state index is 0.0460. The summed E-state index contributed by atoms with van der Waals surface area (Å²) in [4.78, 5) is 21.9. The first kappa shape index (κ1) is 15.0. The first-order chi connectivity index (χ1) is 12.1. The van der Waals surface area contributed by atoms with Crippen molar-refractivity contribution >= 4 is 28.1 Å².